The molecule has 1 fully saturated rings. The maximum Gasteiger partial charge on any atom is 0.338 e. The van der Waals surface area contributed by atoms with Crippen molar-refractivity contribution in [2.75, 3.05) is 18.1 Å². The molecule has 6 heteroatoms. The molecule has 27 heavy (non-hydrogen) atoms. The van der Waals surface area contributed by atoms with E-state index >= 15 is 0 Å². The zero-order chi connectivity index (χ0) is 20.2. The number of carbonyl (C=O) groups is 3. The number of nitrogens with one attached hydrogen (secondary N) is 1. The Morgan fingerprint density at radius 2 is 1.74 bits per heavy atom. The van der Waals surface area contributed by atoms with Gasteiger partial charge in [-0.2, -0.15) is 0 Å². The lowest BCUT2D eigenvalue weighted by Crippen LogP contribution is -2.47. The molecule has 1 N–H and O–H groups in total. The molecule has 1 aromatic rings. The summed E-state index contributed by atoms with van der Waals surface area (Å²) in [7, 11) is 0. The van der Waals surface area contributed by atoms with Gasteiger partial charge in [0.05, 0.1) is 5.56 Å². The summed E-state index contributed by atoms with van der Waals surface area (Å²) in [5.74, 6) is -0.783. The average Bonchev–Trinajstić information content (AvgIpc) is 2.96. The predicted molar refractivity (Wildman–Crippen MR) is 105 cm³/mol. The predicted octanol–water partition coefficient (Wildman–Crippen LogP) is 3.30. The molecule has 0 spiro atoms. The van der Waals surface area contributed by atoms with Crippen LogP contribution in [0.25, 0.3) is 0 Å². The minimum absolute atomic E-state index is 0.0753. The molecule has 0 aliphatic carbocycles. The van der Waals surface area contributed by atoms with E-state index in [-0.39, 0.29) is 29.4 Å². The van der Waals surface area contributed by atoms with E-state index in [1.54, 1.807) is 29.2 Å². The smallest absolute Gasteiger partial charge is 0.338 e. The molecule has 0 aromatic heterocycles. The van der Waals surface area contributed by atoms with Crippen LogP contribution in [0.1, 0.15) is 64.2 Å². The first-order chi connectivity index (χ1) is 12.5. The second-order valence-corrected chi connectivity index (χ2v) is 8.94. The van der Waals surface area contributed by atoms with Crippen LogP contribution < -0.4 is 10.2 Å². The first-order valence-corrected chi connectivity index (χ1v) is 9.35. The van der Waals surface area contributed by atoms with Gasteiger partial charge >= 0.3 is 5.97 Å². The third-order valence-corrected chi connectivity index (χ3v) is 4.27. The Hall–Kier alpha value is -2.37. The fourth-order valence-electron chi connectivity index (χ4n) is 3.70. The van der Waals surface area contributed by atoms with Gasteiger partial charge in [0.1, 0.15) is 0 Å². The number of hydrogen-bond donors (Lipinski definition) is 1. The Morgan fingerprint density at radius 3 is 2.26 bits per heavy atom. The maximum absolute atomic E-state index is 12.2. The topological polar surface area (TPSA) is 75.7 Å². The van der Waals surface area contributed by atoms with Gasteiger partial charge in [0.25, 0.3) is 5.91 Å². The first-order valence-electron chi connectivity index (χ1n) is 9.35. The molecule has 6 nitrogen and oxygen atoms in total. The molecule has 2 rings (SSSR count). The summed E-state index contributed by atoms with van der Waals surface area (Å²) < 4.78 is 5.12. The number of ether oxygens (including phenoxy) is 1. The summed E-state index contributed by atoms with van der Waals surface area (Å²) >= 11 is 0. The van der Waals surface area contributed by atoms with Crippen LogP contribution in [0.4, 0.5) is 5.69 Å². The third-order valence-electron chi connectivity index (χ3n) is 4.27. The van der Waals surface area contributed by atoms with Gasteiger partial charge in [-0.05, 0) is 56.4 Å². The van der Waals surface area contributed by atoms with E-state index in [0.717, 1.165) is 18.5 Å². The van der Waals surface area contributed by atoms with Crippen molar-refractivity contribution in [3.8, 4) is 0 Å². The Kier molecular flexibility index (Phi) is 6.29. The van der Waals surface area contributed by atoms with Gasteiger partial charge < -0.3 is 15.0 Å². The monoisotopic (exact) mass is 374 g/mol. The zero-order valence-electron chi connectivity index (χ0n) is 16.9. The Morgan fingerprint density at radius 1 is 1.11 bits per heavy atom. The third kappa shape index (κ3) is 6.38. The van der Waals surface area contributed by atoms with Gasteiger partial charge in [0, 0.05) is 24.2 Å². The summed E-state index contributed by atoms with van der Waals surface area (Å²) in [6.07, 6.45) is 2.21. The number of nitrogens with zero attached hydrogens (tertiary/aromatic N) is 1. The normalized spacial score (nSPS) is 15.0. The summed E-state index contributed by atoms with van der Waals surface area (Å²) in [5, 5.41) is 2.91. The number of benzene rings is 1. The van der Waals surface area contributed by atoms with Crippen LogP contribution in [-0.2, 0) is 14.3 Å². The van der Waals surface area contributed by atoms with Crippen molar-refractivity contribution in [1.82, 2.24) is 5.32 Å². The van der Waals surface area contributed by atoms with Gasteiger partial charge in [0.2, 0.25) is 5.91 Å². The van der Waals surface area contributed by atoms with Crippen molar-refractivity contribution in [3.63, 3.8) is 0 Å². The summed E-state index contributed by atoms with van der Waals surface area (Å²) in [4.78, 5) is 37.7. The molecule has 2 amide bonds. The van der Waals surface area contributed by atoms with Crippen LogP contribution in [0.3, 0.4) is 0 Å². The van der Waals surface area contributed by atoms with Crippen molar-refractivity contribution in [2.45, 2.75) is 59.4 Å². The molecule has 1 aliphatic rings. The Labute approximate surface area is 161 Å². The lowest BCUT2D eigenvalue weighted by atomic mass is 9.82. The van der Waals surface area contributed by atoms with E-state index in [2.05, 4.69) is 26.1 Å². The lowest BCUT2D eigenvalue weighted by molar-refractivity contribution is -0.126. The van der Waals surface area contributed by atoms with Gasteiger partial charge in [-0.25, -0.2) is 4.79 Å². The van der Waals surface area contributed by atoms with Crippen LogP contribution in [0.2, 0.25) is 0 Å². The highest BCUT2D eigenvalue weighted by molar-refractivity contribution is 5.96. The molecule has 0 unspecified atom stereocenters. The highest BCUT2D eigenvalue weighted by Gasteiger charge is 2.27. The van der Waals surface area contributed by atoms with Gasteiger partial charge in [-0.1, -0.05) is 20.8 Å². The van der Waals surface area contributed by atoms with Gasteiger partial charge in [-0.15, -0.1) is 0 Å². The van der Waals surface area contributed by atoms with Gasteiger partial charge in [0.15, 0.2) is 6.61 Å². The van der Waals surface area contributed by atoms with E-state index in [1.807, 2.05) is 13.8 Å². The standard InChI is InChI=1S/C21H30N2O4/c1-20(2,3)14-21(4,5)22-17(24)13-27-19(26)15-8-10-16(11-9-15)23-12-6-7-18(23)25/h8-11H,6-7,12-14H2,1-5H3,(H,22,24). The van der Waals surface area contributed by atoms with Crippen LogP contribution in [0.15, 0.2) is 24.3 Å². The summed E-state index contributed by atoms with van der Waals surface area (Å²) in [6.45, 7) is 10.6. The molecule has 1 aliphatic heterocycles. The Bertz CT molecular complexity index is 702. The molecule has 0 saturated carbocycles. The van der Waals surface area contributed by atoms with E-state index in [0.29, 0.717) is 18.5 Å². The molecule has 0 atom stereocenters. The van der Waals surface area contributed by atoms with Crippen LogP contribution in [-0.4, -0.2) is 36.5 Å². The minimum Gasteiger partial charge on any atom is -0.452 e. The van der Waals surface area contributed by atoms with Crippen molar-refractivity contribution < 1.29 is 19.1 Å². The van der Waals surface area contributed by atoms with Crippen molar-refractivity contribution in [3.05, 3.63) is 29.8 Å². The second-order valence-electron chi connectivity index (χ2n) is 8.94. The number of amides is 2. The first kappa shape index (κ1) is 20.9. The fraction of sp³-hybridized carbons (Fsp3) is 0.571. The average molecular weight is 374 g/mol. The molecule has 1 heterocycles. The molecular formula is C21H30N2O4. The lowest BCUT2D eigenvalue weighted by Gasteiger charge is -2.33. The second kappa shape index (κ2) is 8.11. The van der Waals surface area contributed by atoms with Crippen LogP contribution >= 0.6 is 0 Å². The fourth-order valence-corrected chi connectivity index (χ4v) is 3.70. The quantitative estimate of drug-likeness (QED) is 0.775. The van der Waals surface area contributed by atoms with Crippen LogP contribution in [0.5, 0.6) is 0 Å². The number of anilines is 1. The largest absolute Gasteiger partial charge is 0.452 e. The molecule has 0 radical (unpaired) electrons. The molecular weight excluding hydrogens is 344 g/mol. The van der Waals surface area contributed by atoms with Crippen molar-refractivity contribution >= 4 is 23.5 Å². The van der Waals surface area contributed by atoms with E-state index in [4.69, 9.17) is 4.74 Å². The number of hydrogen-bond acceptors (Lipinski definition) is 4. The number of rotatable bonds is 6. The SMILES string of the molecule is CC(C)(C)CC(C)(C)NC(=O)COC(=O)c1ccc(N2CCCC2=O)cc1. The number of carbonyl (C=O) groups excluding carboxylic acids is 3. The molecule has 148 valence electrons. The zero-order valence-corrected chi connectivity index (χ0v) is 16.9. The van der Waals surface area contributed by atoms with Crippen LogP contribution in [0, 0.1) is 5.41 Å². The summed E-state index contributed by atoms with van der Waals surface area (Å²) in [5.41, 5.74) is 0.820. The highest BCUT2D eigenvalue weighted by atomic mass is 16.5. The molecule has 1 aromatic carbocycles. The summed E-state index contributed by atoms with van der Waals surface area (Å²) in [6, 6.07) is 6.69. The van der Waals surface area contributed by atoms with Crippen molar-refractivity contribution in [1.29, 1.82) is 0 Å². The van der Waals surface area contributed by atoms with E-state index in [1.165, 1.54) is 0 Å². The molecule has 0 bridgehead atoms. The van der Waals surface area contributed by atoms with Crippen molar-refractivity contribution in [2.24, 2.45) is 5.41 Å². The van der Waals surface area contributed by atoms with E-state index in [9.17, 15) is 14.4 Å². The minimum atomic E-state index is -0.557. The maximum atomic E-state index is 12.2. The number of esters is 1. The molecule has 1 saturated heterocycles. The van der Waals surface area contributed by atoms with Gasteiger partial charge in [-0.3, -0.25) is 9.59 Å². The Balaban J connectivity index is 1.86. The highest BCUT2D eigenvalue weighted by Crippen LogP contribution is 2.26. The van der Waals surface area contributed by atoms with E-state index < -0.39 is 5.97 Å².